The van der Waals surface area contributed by atoms with Crippen molar-refractivity contribution in [2.45, 2.75) is 13.5 Å². The number of carbonyl (C=O) groups excluding carboxylic acids is 1. The summed E-state index contributed by atoms with van der Waals surface area (Å²) in [6.45, 7) is 2.69. The second-order valence-corrected chi connectivity index (χ2v) is 4.44. The Morgan fingerprint density at radius 2 is 2.11 bits per heavy atom. The second-order valence-electron chi connectivity index (χ2n) is 4.44. The topological polar surface area (TPSA) is 54.0 Å². The third kappa shape index (κ3) is 3.63. The minimum Gasteiger partial charge on any atom is -0.322 e. The molecule has 0 aliphatic carbocycles. The molecule has 0 aliphatic rings. The molecule has 4 nitrogen and oxygen atoms in total. The van der Waals surface area contributed by atoms with Gasteiger partial charge in [-0.3, -0.25) is 9.78 Å². The van der Waals surface area contributed by atoms with E-state index in [0.29, 0.717) is 5.56 Å². The van der Waals surface area contributed by atoms with Crippen LogP contribution in [0.25, 0.3) is 0 Å². The number of nitrogens with zero attached hydrogens (tertiary/aromatic N) is 1. The Labute approximate surface area is 112 Å². The highest BCUT2D eigenvalue weighted by molar-refractivity contribution is 6.04. The van der Waals surface area contributed by atoms with Gasteiger partial charge in [-0.1, -0.05) is 12.1 Å². The van der Waals surface area contributed by atoms with E-state index in [1.54, 1.807) is 12.4 Å². The standard InChI is InChI=1S/C15H17N3O/c1-11-6-13(10-17-8-11)15(19)18-14-5-3-4-12(7-14)9-16-2/h3-8,10,16H,9H2,1-2H3,(H,18,19). The van der Waals surface area contributed by atoms with Crippen LogP contribution in [0, 0.1) is 6.92 Å². The van der Waals surface area contributed by atoms with Crippen LogP contribution in [0.2, 0.25) is 0 Å². The average molecular weight is 255 g/mol. The lowest BCUT2D eigenvalue weighted by Gasteiger charge is -2.07. The molecule has 0 aliphatic heterocycles. The van der Waals surface area contributed by atoms with Crippen LogP contribution in [0.4, 0.5) is 5.69 Å². The van der Waals surface area contributed by atoms with Gasteiger partial charge >= 0.3 is 0 Å². The zero-order valence-electron chi connectivity index (χ0n) is 11.1. The fraction of sp³-hybridized carbons (Fsp3) is 0.200. The summed E-state index contributed by atoms with van der Waals surface area (Å²) in [6, 6.07) is 9.59. The lowest BCUT2D eigenvalue weighted by Crippen LogP contribution is -2.13. The Morgan fingerprint density at radius 3 is 2.84 bits per heavy atom. The van der Waals surface area contributed by atoms with E-state index in [9.17, 15) is 4.79 Å². The second kappa shape index (κ2) is 6.11. The molecule has 1 amide bonds. The monoisotopic (exact) mass is 255 g/mol. The SMILES string of the molecule is CNCc1cccc(NC(=O)c2cncc(C)c2)c1. The quantitative estimate of drug-likeness (QED) is 0.881. The van der Waals surface area contributed by atoms with Crippen molar-refractivity contribution in [3.63, 3.8) is 0 Å². The zero-order valence-corrected chi connectivity index (χ0v) is 11.1. The maximum Gasteiger partial charge on any atom is 0.257 e. The number of anilines is 1. The lowest BCUT2D eigenvalue weighted by molar-refractivity contribution is 0.102. The van der Waals surface area contributed by atoms with Gasteiger partial charge in [-0.2, -0.15) is 0 Å². The van der Waals surface area contributed by atoms with Gasteiger partial charge in [0, 0.05) is 24.6 Å². The van der Waals surface area contributed by atoms with E-state index in [4.69, 9.17) is 0 Å². The fourth-order valence-corrected chi connectivity index (χ4v) is 1.85. The summed E-state index contributed by atoms with van der Waals surface area (Å²) >= 11 is 0. The summed E-state index contributed by atoms with van der Waals surface area (Å²) in [7, 11) is 1.89. The van der Waals surface area contributed by atoms with Gasteiger partial charge < -0.3 is 10.6 Å². The number of hydrogen-bond donors (Lipinski definition) is 2. The van der Waals surface area contributed by atoms with Gasteiger partial charge in [-0.25, -0.2) is 0 Å². The van der Waals surface area contributed by atoms with Gasteiger partial charge in [-0.05, 0) is 43.3 Å². The Kier molecular flexibility index (Phi) is 4.26. The smallest absolute Gasteiger partial charge is 0.257 e. The summed E-state index contributed by atoms with van der Waals surface area (Å²) in [5.74, 6) is -0.141. The van der Waals surface area contributed by atoms with Crippen molar-refractivity contribution < 1.29 is 4.79 Å². The third-order valence-corrected chi connectivity index (χ3v) is 2.70. The summed E-state index contributed by atoms with van der Waals surface area (Å²) < 4.78 is 0. The zero-order chi connectivity index (χ0) is 13.7. The maximum absolute atomic E-state index is 12.1. The molecule has 0 bridgehead atoms. The molecule has 0 unspecified atom stereocenters. The van der Waals surface area contributed by atoms with Crippen molar-refractivity contribution >= 4 is 11.6 Å². The Morgan fingerprint density at radius 1 is 1.26 bits per heavy atom. The first-order valence-corrected chi connectivity index (χ1v) is 6.15. The van der Waals surface area contributed by atoms with Gasteiger partial charge in [0.25, 0.3) is 5.91 Å². The molecule has 0 saturated carbocycles. The molecule has 98 valence electrons. The molecule has 4 heteroatoms. The van der Waals surface area contributed by atoms with E-state index in [1.165, 1.54) is 0 Å². The molecule has 1 heterocycles. The van der Waals surface area contributed by atoms with Crippen LogP contribution in [0.5, 0.6) is 0 Å². The van der Waals surface area contributed by atoms with Crippen molar-refractivity contribution in [3.8, 4) is 0 Å². The fourth-order valence-electron chi connectivity index (χ4n) is 1.85. The predicted molar refractivity (Wildman–Crippen MR) is 76.1 cm³/mol. The molecular weight excluding hydrogens is 238 g/mol. The van der Waals surface area contributed by atoms with E-state index >= 15 is 0 Å². The van der Waals surface area contributed by atoms with Crippen LogP contribution in [0.15, 0.2) is 42.7 Å². The molecule has 0 saturated heterocycles. The molecule has 2 aromatic rings. The van der Waals surface area contributed by atoms with E-state index < -0.39 is 0 Å². The number of rotatable bonds is 4. The van der Waals surface area contributed by atoms with E-state index in [0.717, 1.165) is 23.4 Å². The molecule has 2 rings (SSSR count). The van der Waals surface area contributed by atoms with Crippen LogP contribution in [0.1, 0.15) is 21.5 Å². The van der Waals surface area contributed by atoms with Gasteiger partial charge in [-0.15, -0.1) is 0 Å². The number of aromatic nitrogens is 1. The van der Waals surface area contributed by atoms with E-state index in [-0.39, 0.29) is 5.91 Å². The van der Waals surface area contributed by atoms with Crippen LogP contribution in [-0.4, -0.2) is 17.9 Å². The van der Waals surface area contributed by atoms with Crippen LogP contribution >= 0.6 is 0 Å². The summed E-state index contributed by atoms with van der Waals surface area (Å²) in [5.41, 5.74) is 3.46. The molecule has 0 spiro atoms. The number of hydrogen-bond acceptors (Lipinski definition) is 3. The summed E-state index contributed by atoms with van der Waals surface area (Å²) in [5, 5.41) is 5.96. The van der Waals surface area contributed by atoms with Crippen molar-refractivity contribution in [1.82, 2.24) is 10.3 Å². The number of nitrogens with one attached hydrogen (secondary N) is 2. The van der Waals surface area contributed by atoms with Crippen molar-refractivity contribution in [2.75, 3.05) is 12.4 Å². The first kappa shape index (κ1) is 13.2. The first-order chi connectivity index (χ1) is 9.19. The highest BCUT2D eigenvalue weighted by Crippen LogP contribution is 2.12. The largest absolute Gasteiger partial charge is 0.322 e. The van der Waals surface area contributed by atoms with Crippen LogP contribution in [0.3, 0.4) is 0 Å². The predicted octanol–water partition coefficient (Wildman–Crippen LogP) is 2.36. The number of pyridine rings is 1. The Bertz CT molecular complexity index is 581. The van der Waals surface area contributed by atoms with Gasteiger partial charge in [0.05, 0.1) is 5.56 Å². The Balaban J connectivity index is 2.12. The van der Waals surface area contributed by atoms with Crippen molar-refractivity contribution in [2.24, 2.45) is 0 Å². The van der Waals surface area contributed by atoms with E-state index in [1.807, 2.05) is 44.3 Å². The van der Waals surface area contributed by atoms with Gasteiger partial charge in [0.15, 0.2) is 0 Å². The van der Waals surface area contributed by atoms with Gasteiger partial charge in [0.2, 0.25) is 0 Å². The molecule has 1 aromatic carbocycles. The van der Waals surface area contributed by atoms with E-state index in [2.05, 4.69) is 15.6 Å². The molecule has 19 heavy (non-hydrogen) atoms. The van der Waals surface area contributed by atoms with Gasteiger partial charge in [0.1, 0.15) is 0 Å². The summed E-state index contributed by atoms with van der Waals surface area (Å²) in [6.07, 6.45) is 3.30. The number of aryl methyl sites for hydroxylation is 1. The Hall–Kier alpha value is -2.20. The molecule has 2 N–H and O–H groups in total. The normalized spacial score (nSPS) is 10.2. The molecular formula is C15H17N3O. The number of carbonyl (C=O) groups is 1. The van der Waals surface area contributed by atoms with Crippen molar-refractivity contribution in [1.29, 1.82) is 0 Å². The average Bonchev–Trinajstić information content (AvgIpc) is 2.39. The minimum absolute atomic E-state index is 0.141. The third-order valence-electron chi connectivity index (χ3n) is 2.70. The molecule has 0 atom stereocenters. The highest BCUT2D eigenvalue weighted by Gasteiger charge is 2.06. The number of amides is 1. The number of benzene rings is 1. The summed E-state index contributed by atoms with van der Waals surface area (Å²) in [4.78, 5) is 16.1. The van der Waals surface area contributed by atoms with Crippen LogP contribution < -0.4 is 10.6 Å². The molecule has 0 fully saturated rings. The van der Waals surface area contributed by atoms with Crippen LogP contribution in [-0.2, 0) is 6.54 Å². The van der Waals surface area contributed by atoms with Crippen molar-refractivity contribution in [3.05, 3.63) is 59.4 Å². The lowest BCUT2D eigenvalue weighted by atomic mass is 10.1. The maximum atomic E-state index is 12.1. The highest BCUT2D eigenvalue weighted by atomic mass is 16.1. The molecule has 0 radical (unpaired) electrons. The first-order valence-electron chi connectivity index (χ1n) is 6.15. The molecule has 1 aromatic heterocycles. The minimum atomic E-state index is -0.141.